The molecule has 0 aliphatic heterocycles. The van der Waals surface area contributed by atoms with Crippen LogP contribution in [-0.2, 0) is 10.1 Å². The first kappa shape index (κ1) is 17.3. The smallest absolute Gasteiger partial charge is 0.748 e. The third-order valence-electron chi connectivity index (χ3n) is 0.602. The van der Waals surface area contributed by atoms with Gasteiger partial charge in [0.2, 0.25) is 0 Å². The van der Waals surface area contributed by atoms with Gasteiger partial charge >= 0.3 is 29.6 Å². The van der Waals surface area contributed by atoms with Crippen molar-refractivity contribution in [3.8, 4) is 0 Å². The first-order valence-electron chi connectivity index (χ1n) is 2.14. The second-order valence-electron chi connectivity index (χ2n) is 1.37. The third kappa shape index (κ3) is 16.1. The molecule has 4 nitrogen and oxygen atoms in total. The minimum Gasteiger partial charge on any atom is -0.748 e. The Hall–Kier alpha value is 1.16. The third-order valence-corrected chi connectivity index (χ3v) is 1.31. The van der Waals surface area contributed by atoms with Gasteiger partial charge in [-0.05, 0) is 7.05 Å². The predicted octanol–water partition coefficient (Wildman–Crippen LogP) is -3.82. The minimum atomic E-state index is -4.00. The van der Waals surface area contributed by atoms with Crippen molar-refractivity contribution in [3.63, 3.8) is 0 Å². The van der Waals surface area contributed by atoms with Gasteiger partial charge in [0.15, 0.2) is 0 Å². The van der Waals surface area contributed by atoms with E-state index in [9.17, 15) is 13.0 Å². The molecule has 0 aliphatic rings. The Balaban J connectivity index is -0.000000245. The van der Waals surface area contributed by atoms with Crippen LogP contribution in [0.3, 0.4) is 0 Å². The average molecular weight is 198 g/mol. The first-order valence-corrected chi connectivity index (χ1v) is 3.72. The van der Waals surface area contributed by atoms with Crippen LogP contribution in [0, 0.1) is 0 Å². The maximum atomic E-state index is 9.79. The summed E-state index contributed by atoms with van der Waals surface area (Å²) in [4.78, 5) is 0. The van der Waals surface area contributed by atoms with E-state index in [0.29, 0.717) is 0 Å². The van der Waals surface area contributed by atoms with E-state index in [0.717, 1.165) is 0 Å². The molecule has 0 radical (unpaired) electrons. The standard InChI is InChI=1S/C3H9NO3S.ClH.Na/c1-4-2-3-8(5,6)7;;/h4H,2-3H2,1H3,(H,5,6,7);1H;/q;;+1/p-1. The zero-order valence-electron chi connectivity index (χ0n) is 5.96. The summed E-state index contributed by atoms with van der Waals surface area (Å²) >= 11 is 0. The van der Waals surface area contributed by atoms with Crippen molar-refractivity contribution < 1.29 is 42.5 Å². The predicted molar refractivity (Wildman–Crippen MR) is 35.7 cm³/mol. The van der Waals surface area contributed by atoms with E-state index in [1.54, 1.807) is 7.05 Å². The van der Waals surface area contributed by atoms with Crippen LogP contribution >= 0.6 is 12.4 Å². The van der Waals surface area contributed by atoms with Gasteiger partial charge in [-0.25, -0.2) is 8.42 Å². The molecule has 0 saturated heterocycles. The Morgan fingerprint density at radius 3 is 2.00 bits per heavy atom. The minimum absolute atomic E-state index is 0. The van der Waals surface area contributed by atoms with Crippen LogP contribution in [0.15, 0.2) is 0 Å². The van der Waals surface area contributed by atoms with E-state index in [1.807, 2.05) is 0 Å². The van der Waals surface area contributed by atoms with Crippen LogP contribution in [0.2, 0.25) is 0 Å². The fourth-order valence-corrected chi connectivity index (χ4v) is 0.681. The maximum Gasteiger partial charge on any atom is 1.00 e. The summed E-state index contributed by atoms with van der Waals surface area (Å²) in [6, 6.07) is 0. The summed E-state index contributed by atoms with van der Waals surface area (Å²) in [5.41, 5.74) is 0. The van der Waals surface area contributed by atoms with Gasteiger partial charge in [-0.2, -0.15) is 0 Å². The molecule has 0 fully saturated rings. The van der Waals surface area contributed by atoms with Gasteiger partial charge in [-0.15, -0.1) is 12.4 Å². The molecule has 10 heavy (non-hydrogen) atoms. The Kier molecular flexibility index (Phi) is 14.3. The molecule has 0 saturated carbocycles. The summed E-state index contributed by atoms with van der Waals surface area (Å²) in [6.45, 7) is 0.228. The van der Waals surface area contributed by atoms with E-state index in [4.69, 9.17) is 0 Å². The van der Waals surface area contributed by atoms with Crippen molar-refractivity contribution in [2.75, 3.05) is 19.3 Å². The van der Waals surface area contributed by atoms with Crippen molar-refractivity contribution in [3.05, 3.63) is 0 Å². The van der Waals surface area contributed by atoms with Crippen LogP contribution < -0.4 is 34.9 Å². The Morgan fingerprint density at radius 2 is 1.90 bits per heavy atom. The maximum absolute atomic E-state index is 9.79. The molecule has 0 spiro atoms. The van der Waals surface area contributed by atoms with E-state index in [-0.39, 0.29) is 54.3 Å². The van der Waals surface area contributed by atoms with Gasteiger partial charge in [0, 0.05) is 6.54 Å². The summed E-state index contributed by atoms with van der Waals surface area (Å²) in [6.07, 6.45) is 0. The molecule has 0 aromatic heterocycles. The van der Waals surface area contributed by atoms with Gasteiger partial charge in [-0.1, -0.05) is 0 Å². The first-order chi connectivity index (χ1) is 3.56. The summed E-state index contributed by atoms with van der Waals surface area (Å²) in [5, 5.41) is 2.55. The van der Waals surface area contributed by atoms with Crippen LogP contribution in [0.25, 0.3) is 0 Å². The summed E-state index contributed by atoms with van der Waals surface area (Å²) < 4.78 is 29.4. The summed E-state index contributed by atoms with van der Waals surface area (Å²) in [7, 11) is -2.41. The molecule has 58 valence electrons. The zero-order valence-corrected chi connectivity index (χ0v) is 9.59. The molecule has 0 unspecified atom stereocenters. The van der Waals surface area contributed by atoms with Gasteiger partial charge < -0.3 is 9.87 Å². The van der Waals surface area contributed by atoms with Crippen LogP contribution in [0.5, 0.6) is 0 Å². The number of hydrogen-bond donors (Lipinski definition) is 1. The number of nitrogens with one attached hydrogen (secondary N) is 1. The van der Waals surface area contributed by atoms with Crippen LogP contribution in [0.1, 0.15) is 0 Å². The van der Waals surface area contributed by atoms with E-state index < -0.39 is 10.1 Å². The molecule has 0 rings (SSSR count). The van der Waals surface area contributed by atoms with E-state index >= 15 is 0 Å². The van der Waals surface area contributed by atoms with Crippen molar-refractivity contribution in [2.24, 2.45) is 0 Å². The number of halogens is 1. The normalized spacial score (nSPS) is 9.40. The van der Waals surface area contributed by atoms with Gasteiger partial charge in [0.25, 0.3) is 0 Å². The van der Waals surface area contributed by atoms with Crippen molar-refractivity contribution in [2.45, 2.75) is 0 Å². The second kappa shape index (κ2) is 8.26. The molecule has 0 atom stereocenters. The molecule has 0 aliphatic carbocycles. The number of hydrogen-bond acceptors (Lipinski definition) is 4. The van der Waals surface area contributed by atoms with Crippen molar-refractivity contribution in [1.82, 2.24) is 5.32 Å². The van der Waals surface area contributed by atoms with Crippen molar-refractivity contribution >= 4 is 22.5 Å². The fraction of sp³-hybridized carbons (Fsp3) is 1.00. The molecular formula is C3H9ClNNaO3S. The molecule has 0 aromatic carbocycles. The molecule has 0 heterocycles. The second-order valence-corrected chi connectivity index (χ2v) is 2.89. The van der Waals surface area contributed by atoms with Gasteiger partial charge in [0.1, 0.15) is 0 Å². The number of rotatable bonds is 3. The largest absolute Gasteiger partial charge is 1.00 e. The topological polar surface area (TPSA) is 69.2 Å². The average Bonchev–Trinajstić information content (AvgIpc) is 1.59. The molecule has 0 aromatic rings. The quantitative estimate of drug-likeness (QED) is 0.372. The molecule has 0 bridgehead atoms. The van der Waals surface area contributed by atoms with Gasteiger partial charge in [-0.3, -0.25) is 0 Å². The molecular weight excluding hydrogens is 189 g/mol. The molecule has 1 N–H and O–H groups in total. The van der Waals surface area contributed by atoms with Crippen molar-refractivity contribution in [1.29, 1.82) is 0 Å². The van der Waals surface area contributed by atoms with Crippen LogP contribution in [0.4, 0.5) is 0 Å². The van der Waals surface area contributed by atoms with Crippen LogP contribution in [-0.4, -0.2) is 32.3 Å². The molecule has 0 amide bonds. The fourth-order valence-electron chi connectivity index (χ4n) is 0.227. The Bertz CT molecular complexity index is 148. The Morgan fingerprint density at radius 1 is 1.50 bits per heavy atom. The SMILES string of the molecule is CNCCS(=O)(=O)[O-].Cl.[Na+]. The molecule has 7 heteroatoms. The Labute approximate surface area is 89.2 Å². The van der Waals surface area contributed by atoms with E-state index in [2.05, 4.69) is 5.32 Å². The zero-order chi connectivity index (χ0) is 6.62. The summed E-state index contributed by atoms with van der Waals surface area (Å²) in [5.74, 6) is -0.330. The van der Waals surface area contributed by atoms with Gasteiger partial charge in [0.05, 0.1) is 15.9 Å². The van der Waals surface area contributed by atoms with E-state index in [1.165, 1.54) is 0 Å². The monoisotopic (exact) mass is 197 g/mol.